The predicted molar refractivity (Wildman–Crippen MR) is 74.5 cm³/mol. The summed E-state index contributed by atoms with van der Waals surface area (Å²) >= 11 is 1.77. The largest absolute Gasteiger partial charge is 0.316 e. The third kappa shape index (κ3) is 6.74. The molecule has 0 aromatic carbocycles. The van der Waals surface area contributed by atoms with Crippen LogP contribution in [-0.4, -0.2) is 23.3 Å². The van der Waals surface area contributed by atoms with E-state index in [0.29, 0.717) is 5.92 Å². The summed E-state index contributed by atoms with van der Waals surface area (Å²) in [5.41, 5.74) is 0. The summed E-state index contributed by atoms with van der Waals surface area (Å²) in [6.07, 6.45) is 3.29. The van der Waals surface area contributed by atoms with E-state index in [1.165, 1.54) is 16.4 Å². The molecule has 0 spiro atoms. The van der Waals surface area contributed by atoms with Crippen molar-refractivity contribution in [1.29, 1.82) is 0 Å². The summed E-state index contributed by atoms with van der Waals surface area (Å²) < 4.78 is 0. The van der Waals surface area contributed by atoms with Gasteiger partial charge in [0.1, 0.15) is 10.0 Å². The van der Waals surface area contributed by atoms with Crippen LogP contribution in [0.15, 0.2) is 0 Å². The summed E-state index contributed by atoms with van der Waals surface area (Å²) in [6, 6.07) is 0. The minimum absolute atomic E-state index is 0.714. The average molecular weight is 255 g/mol. The molecule has 4 heteroatoms. The Kier molecular flexibility index (Phi) is 6.66. The Morgan fingerprint density at radius 1 is 1.00 bits per heavy atom. The lowest BCUT2D eigenvalue weighted by Crippen LogP contribution is -2.22. The maximum Gasteiger partial charge on any atom is 0.118 e. The van der Waals surface area contributed by atoms with E-state index in [1.54, 1.807) is 11.3 Å². The Hall–Kier alpha value is -0.480. The molecule has 1 rings (SSSR count). The smallest absolute Gasteiger partial charge is 0.118 e. The van der Waals surface area contributed by atoms with Crippen molar-refractivity contribution in [3.63, 3.8) is 0 Å². The summed E-state index contributed by atoms with van der Waals surface area (Å²) in [7, 11) is 0. The molecule has 0 bridgehead atoms. The Balaban J connectivity index is 2.21. The number of aromatic nitrogens is 2. The van der Waals surface area contributed by atoms with Crippen molar-refractivity contribution >= 4 is 11.3 Å². The van der Waals surface area contributed by atoms with Gasteiger partial charge in [0.25, 0.3) is 0 Å². The number of hydrogen-bond acceptors (Lipinski definition) is 4. The molecule has 0 saturated carbocycles. The highest BCUT2D eigenvalue weighted by atomic mass is 32.1. The van der Waals surface area contributed by atoms with Crippen molar-refractivity contribution in [3.8, 4) is 0 Å². The second-order valence-corrected chi connectivity index (χ2v) is 6.52. The van der Waals surface area contributed by atoms with Gasteiger partial charge in [0.05, 0.1) is 0 Å². The molecule has 0 amide bonds. The molecule has 0 saturated heterocycles. The zero-order chi connectivity index (χ0) is 12.7. The first kappa shape index (κ1) is 14.6. The van der Waals surface area contributed by atoms with Crippen molar-refractivity contribution in [1.82, 2.24) is 15.5 Å². The lowest BCUT2D eigenvalue weighted by atomic mass is 10.1. The molecule has 0 radical (unpaired) electrons. The van der Waals surface area contributed by atoms with Crippen LogP contribution in [0, 0.1) is 11.8 Å². The Labute approximate surface area is 109 Å². The van der Waals surface area contributed by atoms with Crippen LogP contribution < -0.4 is 5.32 Å². The van der Waals surface area contributed by atoms with Crippen LogP contribution in [0.4, 0.5) is 0 Å². The second-order valence-electron chi connectivity index (χ2n) is 5.37. The number of rotatable bonds is 8. The van der Waals surface area contributed by atoms with E-state index in [1.807, 2.05) is 0 Å². The van der Waals surface area contributed by atoms with Gasteiger partial charge in [-0.25, -0.2) is 0 Å². The van der Waals surface area contributed by atoms with Gasteiger partial charge in [-0.1, -0.05) is 27.7 Å². The monoisotopic (exact) mass is 255 g/mol. The first-order valence-corrected chi connectivity index (χ1v) is 7.41. The van der Waals surface area contributed by atoms with Crippen LogP contribution in [0.5, 0.6) is 0 Å². The van der Waals surface area contributed by atoms with Gasteiger partial charge in [0, 0.05) is 19.4 Å². The van der Waals surface area contributed by atoms with Gasteiger partial charge in [-0.05, 0) is 24.8 Å². The average Bonchev–Trinajstić information content (AvgIpc) is 2.69. The Bertz CT molecular complexity index is 307. The van der Waals surface area contributed by atoms with Crippen molar-refractivity contribution in [2.24, 2.45) is 11.8 Å². The molecule has 0 aliphatic rings. The van der Waals surface area contributed by atoms with Crippen molar-refractivity contribution < 1.29 is 0 Å². The molecule has 0 aliphatic heterocycles. The van der Waals surface area contributed by atoms with Crippen LogP contribution in [0.25, 0.3) is 0 Å². The van der Waals surface area contributed by atoms with E-state index in [9.17, 15) is 0 Å². The van der Waals surface area contributed by atoms with E-state index < -0.39 is 0 Å². The Morgan fingerprint density at radius 3 is 2.24 bits per heavy atom. The maximum absolute atomic E-state index is 4.24. The highest BCUT2D eigenvalue weighted by molar-refractivity contribution is 7.11. The van der Waals surface area contributed by atoms with Gasteiger partial charge in [-0.2, -0.15) is 0 Å². The number of hydrogen-bond donors (Lipinski definition) is 1. The van der Waals surface area contributed by atoms with E-state index in [0.717, 1.165) is 31.8 Å². The van der Waals surface area contributed by atoms with E-state index in [4.69, 9.17) is 0 Å². The molecule has 3 nitrogen and oxygen atoms in total. The van der Waals surface area contributed by atoms with Crippen LogP contribution >= 0.6 is 11.3 Å². The van der Waals surface area contributed by atoms with Crippen LogP contribution in [0.1, 0.15) is 44.1 Å². The van der Waals surface area contributed by atoms with Gasteiger partial charge in [0.2, 0.25) is 0 Å². The standard InChI is InChI=1S/C13H25N3S/c1-10(2)5-6-12-15-16-13(17-12)7-8-14-9-11(3)4/h10-11,14H,5-9H2,1-4H3. The molecule has 1 aromatic heterocycles. The molecule has 0 unspecified atom stereocenters. The summed E-state index contributed by atoms with van der Waals surface area (Å²) in [5, 5.41) is 14.3. The third-order valence-corrected chi connectivity index (χ3v) is 3.56. The van der Waals surface area contributed by atoms with Crippen molar-refractivity contribution in [2.45, 2.75) is 47.0 Å². The topological polar surface area (TPSA) is 37.8 Å². The van der Waals surface area contributed by atoms with Crippen LogP contribution in [0.3, 0.4) is 0 Å². The molecule has 1 aromatic rings. The van der Waals surface area contributed by atoms with Gasteiger partial charge in [0.15, 0.2) is 0 Å². The van der Waals surface area contributed by atoms with Gasteiger partial charge in [-0.15, -0.1) is 21.5 Å². The van der Waals surface area contributed by atoms with Gasteiger partial charge < -0.3 is 5.32 Å². The number of aryl methyl sites for hydroxylation is 1. The highest BCUT2D eigenvalue weighted by Crippen LogP contribution is 2.14. The highest BCUT2D eigenvalue weighted by Gasteiger charge is 2.05. The Morgan fingerprint density at radius 2 is 1.65 bits per heavy atom. The second kappa shape index (κ2) is 7.77. The molecule has 1 N–H and O–H groups in total. The first-order chi connectivity index (χ1) is 8.08. The zero-order valence-corrected chi connectivity index (χ0v) is 12.3. The predicted octanol–water partition coefficient (Wildman–Crippen LogP) is 2.91. The van der Waals surface area contributed by atoms with Crippen LogP contribution in [0.2, 0.25) is 0 Å². The molecule has 0 fully saturated rings. The quantitative estimate of drug-likeness (QED) is 0.726. The van der Waals surface area contributed by atoms with E-state index in [2.05, 4.69) is 43.2 Å². The lowest BCUT2D eigenvalue weighted by molar-refractivity contribution is 0.553. The van der Waals surface area contributed by atoms with Gasteiger partial charge in [-0.3, -0.25) is 0 Å². The van der Waals surface area contributed by atoms with E-state index in [-0.39, 0.29) is 0 Å². The fraction of sp³-hybridized carbons (Fsp3) is 0.846. The summed E-state index contributed by atoms with van der Waals surface area (Å²) in [4.78, 5) is 0. The van der Waals surface area contributed by atoms with Crippen molar-refractivity contribution in [3.05, 3.63) is 10.0 Å². The molecule has 0 aliphatic carbocycles. The normalized spacial score (nSPS) is 11.6. The number of nitrogens with one attached hydrogen (secondary N) is 1. The number of nitrogens with zero attached hydrogens (tertiary/aromatic N) is 2. The first-order valence-electron chi connectivity index (χ1n) is 6.60. The summed E-state index contributed by atoms with van der Waals surface area (Å²) in [6.45, 7) is 11.0. The molecule has 17 heavy (non-hydrogen) atoms. The van der Waals surface area contributed by atoms with Crippen molar-refractivity contribution in [2.75, 3.05) is 13.1 Å². The molecule has 98 valence electrons. The van der Waals surface area contributed by atoms with Crippen LogP contribution in [-0.2, 0) is 12.8 Å². The fourth-order valence-corrected chi connectivity index (χ4v) is 2.35. The summed E-state index contributed by atoms with van der Waals surface area (Å²) in [5.74, 6) is 1.46. The molecular formula is C13H25N3S. The fourth-order valence-electron chi connectivity index (χ4n) is 1.49. The molecule has 0 atom stereocenters. The third-order valence-electron chi connectivity index (χ3n) is 2.51. The van der Waals surface area contributed by atoms with E-state index >= 15 is 0 Å². The SMILES string of the molecule is CC(C)CCc1nnc(CCNCC(C)C)s1. The minimum atomic E-state index is 0.714. The molecular weight excluding hydrogens is 230 g/mol. The maximum atomic E-state index is 4.24. The molecule has 1 heterocycles. The zero-order valence-electron chi connectivity index (χ0n) is 11.5. The lowest BCUT2D eigenvalue weighted by Gasteiger charge is -2.05. The van der Waals surface area contributed by atoms with Gasteiger partial charge >= 0.3 is 0 Å². The minimum Gasteiger partial charge on any atom is -0.316 e.